The Morgan fingerprint density at radius 3 is 2.94 bits per heavy atom. The van der Waals surface area contributed by atoms with Gasteiger partial charge in [-0.15, -0.1) is 0 Å². The number of fused-ring (bicyclic) bond motifs is 1. The molecule has 3 rings (SSSR count). The quantitative estimate of drug-likeness (QED) is 0.799. The molecule has 2 heterocycles. The third-order valence-corrected chi connectivity index (χ3v) is 5.06. The van der Waals surface area contributed by atoms with Crippen molar-refractivity contribution in [1.29, 1.82) is 0 Å². The maximum Gasteiger partial charge on any atom is 0.235 e. The molecule has 1 fully saturated rings. The van der Waals surface area contributed by atoms with Crippen LogP contribution in [-0.4, -0.2) is 27.3 Å². The van der Waals surface area contributed by atoms with Crippen molar-refractivity contribution in [2.75, 3.05) is 28.5 Å². The van der Waals surface area contributed by atoms with Crippen LogP contribution in [-0.2, 0) is 16.4 Å². The van der Waals surface area contributed by atoms with Crippen molar-refractivity contribution < 1.29 is 8.42 Å². The molecular weight excluding hydrogens is 224 g/mol. The Labute approximate surface area is 95.3 Å². The minimum absolute atomic E-state index is 0.280. The molecule has 16 heavy (non-hydrogen) atoms. The van der Waals surface area contributed by atoms with Crippen LogP contribution in [0.3, 0.4) is 0 Å². The molecule has 2 aliphatic heterocycles. The molecule has 86 valence electrons. The lowest BCUT2D eigenvalue weighted by atomic mass is 10.1. The summed E-state index contributed by atoms with van der Waals surface area (Å²) in [7, 11) is -3.04. The van der Waals surface area contributed by atoms with Gasteiger partial charge in [0.15, 0.2) is 0 Å². The molecule has 4 nitrogen and oxygen atoms in total. The highest BCUT2D eigenvalue weighted by atomic mass is 32.2. The summed E-state index contributed by atoms with van der Waals surface area (Å²) in [5, 5.41) is 3.27. The van der Waals surface area contributed by atoms with E-state index < -0.39 is 10.0 Å². The van der Waals surface area contributed by atoms with Gasteiger partial charge in [-0.1, -0.05) is 0 Å². The van der Waals surface area contributed by atoms with Crippen LogP contribution in [0, 0.1) is 0 Å². The zero-order valence-corrected chi connectivity index (χ0v) is 9.76. The van der Waals surface area contributed by atoms with E-state index in [9.17, 15) is 8.42 Å². The maximum absolute atomic E-state index is 11.8. The van der Waals surface area contributed by atoms with Crippen molar-refractivity contribution in [3.05, 3.63) is 23.8 Å². The van der Waals surface area contributed by atoms with Crippen molar-refractivity contribution in [2.24, 2.45) is 0 Å². The van der Waals surface area contributed by atoms with Crippen molar-refractivity contribution in [1.82, 2.24) is 0 Å². The predicted molar refractivity (Wildman–Crippen MR) is 64.4 cm³/mol. The molecule has 0 amide bonds. The number of hydrogen-bond acceptors (Lipinski definition) is 3. The zero-order chi connectivity index (χ0) is 11.2. The van der Waals surface area contributed by atoms with E-state index in [1.54, 1.807) is 0 Å². The second-order valence-corrected chi connectivity index (χ2v) is 6.27. The van der Waals surface area contributed by atoms with Gasteiger partial charge in [-0.2, -0.15) is 0 Å². The third kappa shape index (κ3) is 1.46. The molecule has 0 aliphatic carbocycles. The van der Waals surface area contributed by atoms with E-state index in [1.807, 2.05) is 18.2 Å². The van der Waals surface area contributed by atoms with Crippen LogP contribution >= 0.6 is 0 Å². The van der Waals surface area contributed by atoms with Gasteiger partial charge in [0.05, 0.1) is 11.4 Å². The lowest BCUT2D eigenvalue weighted by Gasteiger charge is -2.17. The average molecular weight is 238 g/mol. The van der Waals surface area contributed by atoms with Crippen LogP contribution in [0.2, 0.25) is 0 Å². The molecule has 5 heteroatoms. The fourth-order valence-electron chi connectivity index (χ4n) is 2.38. The second kappa shape index (κ2) is 3.38. The van der Waals surface area contributed by atoms with Gasteiger partial charge in [-0.05, 0) is 36.6 Å². The van der Waals surface area contributed by atoms with Crippen LogP contribution < -0.4 is 9.62 Å². The Morgan fingerprint density at radius 2 is 2.19 bits per heavy atom. The van der Waals surface area contributed by atoms with Gasteiger partial charge in [0.2, 0.25) is 10.0 Å². The Hall–Kier alpha value is -1.23. The summed E-state index contributed by atoms with van der Waals surface area (Å²) in [5.41, 5.74) is 3.18. The molecule has 2 aliphatic rings. The van der Waals surface area contributed by atoms with Gasteiger partial charge in [-0.25, -0.2) is 8.42 Å². The summed E-state index contributed by atoms with van der Waals surface area (Å²) in [5.74, 6) is 0.280. The molecule has 1 aromatic carbocycles. The normalized spacial score (nSPS) is 21.9. The largest absolute Gasteiger partial charge is 0.384 e. The highest BCUT2D eigenvalue weighted by molar-refractivity contribution is 7.93. The molecule has 1 N–H and O–H groups in total. The van der Waals surface area contributed by atoms with Crippen LogP contribution in [0.25, 0.3) is 0 Å². The molecule has 0 radical (unpaired) electrons. The van der Waals surface area contributed by atoms with Gasteiger partial charge < -0.3 is 5.32 Å². The van der Waals surface area contributed by atoms with Gasteiger partial charge in [0, 0.05) is 18.8 Å². The van der Waals surface area contributed by atoms with Crippen molar-refractivity contribution in [2.45, 2.75) is 12.8 Å². The van der Waals surface area contributed by atoms with Crippen LogP contribution in [0.4, 0.5) is 11.4 Å². The smallest absolute Gasteiger partial charge is 0.235 e. The Balaban J connectivity index is 2.01. The summed E-state index contributed by atoms with van der Waals surface area (Å²) in [6.45, 7) is 1.57. The fraction of sp³-hybridized carbons (Fsp3) is 0.455. The zero-order valence-electron chi connectivity index (χ0n) is 8.94. The summed E-state index contributed by atoms with van der Waals surface area (Å²) >= 11 is 0. The molecule has 0 unspecified atom stereocenters. The van der Waals surface area contributed by atoms with E-state index in [1.165, 1.54) is 9.87 Å². The third-order valence-electron chi connectivity index (χ3n) is 3.19. The van der Waals surface area contributed by atoms with E-state index in [0.717, 1.165) is 30.8 Å². The lowest BCUT2D eigenvalue weighted by molar-refractivity contribution is 0.599. The molecule has 1 saturated heterocycles. The minimum Gasteiger partial charge on any atom is -0.384 e. The van der Waals surface area contributed by atoms with E-state index in [0.29, 0.717) is 6.54 Å². The van der Waals surface area contributed by atoms with Crippen LogP contribution in [0.1, 0.15) is 12.0 Å². The summed E-state index contributed by atoms with van der Waals surface area (Å²) < 4.78 is 25.1. The summed E-state index contributed by atoms with van der Waals surface area (Å²) in [4.78, 5) is 0. The van der Waals surface area contributed by atoms with Crippen LogP contribution in [0.15, 0.2) is 18.2 Å². The van der Waals surface area contributed by atoms with Gasteiger partial charge in [-0.3, -0.25) is 4.31 Å². The predicted octanol–water partition coefficient (Wildman–Crippen LogP) is 1.19. The van der Waals surface area contributed by atoms with Gasteiger partial charge >= 0.3 is 0 Å². The number of anilines is 2. The SMILES string of the molecule is O=S1(=O)CCCN1c1ccc2c(c1)CCN2. The van der Waals surface area contributed by atoms with Crippen molar-refractivity contribution in [3.63, 3.8) is 0 Å². The number of sulfonamides is 1. The number of rotatable bonds is 1. The summed E-state index contributed by atoms with van der Waals surface area (Å²) in [6.07, 6.45) is 1.72. The lowest BCUT2D eigenvalue weighted by Crippen LogP contribution is -2.25. The molecule has 0 saturated carbocycles. The molecule has 0 atom stereocenters. The number of nitrogens with one attached hydrogen (secondary N) is 1. The molecule has 1 aromatic rings. The first kappa shape index (κ1) is 9.96. The summed E-state index contributed by atoms with van der Waals surface area (Å²) in [6, 6.07) is 5.86. The maximum atomic E-state index is 11.8. The van der Waals surface area contributed by atoms with E-state index in [-0.39, 0.29) is 5.75 Å². The molecular formula is C11H14N2O2S. The molecule has 0 bridgehead atoms. The number of benzene rings is 1. The number of hydrogen-bond donors (Lipinski definition) is 1. The first-order valence-electron chi connectivity index (χ1n) is 5.54. The van der Waals surface area contributed by atoms with E-state index in [4.69, 9.17) is 0 Å². The van der Waals surface area contributed by atoms with Crippen molar-refractivity contribution >= 4 is 21.4 Å². The highest BCUT2D eigenvalue weighted by Crippen LogP contribution is 2.30. The Bertz CT molecular complexity index is 525. The first-order valence-corrected chi connectivity index (χ1v) is 7.15. The van der Waals surface area contributed by atoms with Crippen molar-refractivity contribution in [3.8, 4) is 0 Å². The van der Waals surface area contributed by atoms with Gasteiger partial charge in [0.1, 0.15) is 0 Å². The van der Waals surface area contributed by atoms with E-state index in [2.05, 4.69) is 5.32 Å². The second-order valence-electron chi connectivity index (χ2n) is 4.26. The topological polar surface area (TPSA) is 49.4 Å². The van der Waals surface area contributed by atoms with E-state index >= 15 is 0 Å². The molecule has 0 aromatic heterocycles. The monoisotopic (exact) mass is 238 g/mol. The van der Waals surface area contributed by atoms with Crippen LogP contribution in [0.5, 0.6) is 0 Å². The average Bonchev–Trinajstić information content (AvgIpc) is 2.82. The molecule has 0 spiro atoms. The first-order chi connectivity index (χ1) is 7.67. The standard InChI is InChI=1S/C11H14N2O2S/c14-16(15)7-1-6-13(16)10-2-3-11-9(8-10)4-5-12-11/h2-3,8,12H,1,4-7H2. The van der Waals surface area contributed by atoms with Gasteiger partial charge in [0.25, 0.3) is 0 Å². The highest BCUT2D eigenvalue weighted by Gasteiger charge is 2.28. The Morgan fingerprint density at radius 1 is 1.31 bits per heavy atom. The fourth-order valence-corrected chi connectivity index (χ4v) is 3.93. The Kier molecular flexibility index (Phi) is 2.10. The minimum atomic E-state index is -3.04. The number of nitrogens with zero attached hydrogens (tertiary/aromatic N) is 1.